The van der Waals surface area contributed by atoms with E-state index in [0.29, 0.717) is 17.4 Å². The Labute approximate surface area is 251 Å². The average Bonchev–Trinajstić information content (AvgIpc) is 3.49. The molecule has 0 radical (unpaired) electrons. The lowest BCUT2D eigenvalue weighted by molar-refractivity contribution is -0.139. The topological polar surface area (TPSA) is 96.0 Å². The molecule has 3 aromatic rings. The summed E-state index contributed by atoms with van der Waals surface area (Å²) in [6, 6.07) is 16.7. The van der Waals surface area contributed by atoms with Crippen LogP contribution in [-0.2, 0) is 26.2 Å². The SMILES string of the molecule is CCOc1ccc(S(=O)(=O)N(CC(=O)N(Cc2ccc(Cl)cc2)[C@H](C)C(=O)NC2CCCC2)c2ccc(F)cc2)cc1. The van der Waals surface area contributed by atoms with Crippen molar-refractivity contribution in [2.24, 2.45) is 0 Å². The van der Waals surface area contributed by atoms with Crippen molar-refractivity contribution in [3.63, 3.8) is 0 Å². The number of halogens is 2. The first-order chi connectivity index (χ1) is 20.1. The first-order valence-corrected chi connectivity index (χ1v) is 15.8. The molecule has 1 fully saturated rings. The van der Waals surface area contributed by atoms with E-state index < -0.39 is 34.3 Å². The van der Waals surface area contributed by atoms with Crippen molar-refractivity contribution in [3.05, 3.63) is 89.2 Å². The summed E-state index contributed by atoms with van der Waals surface area (Å²) in [5.41, 5.74) is 0.823. The second-order valence-corrected chi connectivity index (χ2v) is 12.5. The summed E-state index contributed by atoms with van der Waals surface area (Å²) in [5, 5.41) is 3.55. The number of ether oxygens (including phenoxy) is 1. The highest BCUT2D eigenvalue weighted by Crippen LogP contribution is 2.27. The first kappa shape index (κ1) is 31.3. The summed E-state index contributed by atoms with van der Waals surface area (Å²) in [7, 11) is -4.28. The van der Waals surface area contributed by atoms with Crippen LogP contribution in [0.3, 0.4) is 0 Å². The standard InChI is InChI=1S/C31H35ClFN3O5S/c1-3-41-28-16-18-29(19-17-28)42(39,40)36(27-14-12-25(33)13-15-27)21-30(37)35(20-23-8-10-24(32)11-9-23)22(2)31(38)34-26-6-4-5-7-26/h8-19,22,26H,3-7,20-21H2,1-2H3,(H,34,38)/t22-/m1/s1. The van der Waals surface area contributed by atoms with Gasteiger partial charge in [-0.25, -0.2) is 12.8 Å². The third-order valence-corrected chi connectivity index (χ3v) is 9.29. The predicted molar refractivity (Wildman–Crippen MR) is 160 cm³/mol. The number of nitrogens with zero attached hydrogens (tertiary/aromatic N) is 2. The minimum absolute atomic E-state index is 0.0446. The Balaban J connectivity index is 1.67. The van der Waals surface area contributed by atoms with Gasteiger partial charge in [-0.3, -0.25) is 13.9 Å². The van der Waals surface area contributed by atoms with Gasteiger partial charge in [0.2, 0.25) is 11.8 Å². The molecule has 1 aliphatic rings. The van der Waals surface area contributed by atoms with Crippen LogP contribution in [-0.4, -0.2) is 50.4 Å². The molecular weight excluding hydrogens is 581 g/mol. The van der Waals surface area contributed by atoms with Crippen LogP contribution in [0.5, 0.6) is 5.75 Å². The van der Waals surface area contributed by atoms with Crippen molar-refractivity contribution in [2.75, 3.05) is 17.5 Å². The Hall–Kier alpha value is -3.63. The van der Waals surface area contributed by atoms with Crippen molar-refractivity contribution in [1.82, 2.24) is 10.2 Å². The van der Waals surface area contributed by atoms with E-state index in [4.69, 9.17) is 16.3 Å². The summed E-state index contributed by atoms with van der Waals surface area (Å²) in [5.74, 6) is -0.966. The molecule has 1 N–H and O–H groups in total. The van der Waals surface area contributed by atoms with Gasteiger partial charge in [-0.1, -0.05) is 36.6 Å². The molecule has 0 bridgehead atoms. The van der Waals surface area contributed by atoms with E-state index in [1.807, 2.05) is 6.92 Å². The second-order valence-electron chi connectivity index (χ2n) is 10.2. The highest BCUT2D eigenvalue weighted by Gasteiger charge is 2.33. The lowest BCUT2D eigenvalue weighted by Gasteiger charge is -2.32. The zero-order valence-electron chi connectivity index (χ0n) is 23.6. The quantitative estimate of drug-likeness (QED) is 0.288. The molecule has 1 aliphatic carbocycles. The minimum atomic E-state index is -4.28. The van der Waals surface area contributed by atoms with Gasteiger partial charge in [-0.2, -0.15) is 0 Å². The largest absolute Gasteiger partial charge is 0.494 e. The fourth-order valence-corrected chi connectivity index (χ4v) is 6.44. The minimum Gasteiger partial charge on any atom is -0.494 e. The number of sulfonamides is 1. The molecule has 0 heterocycles. The molecule has 0 aromatic heterocycles. The number of hydrogen-bond acceptors (Lipinski definition) is 5. The van der Waals surface area contributed by atoms with E-state index in [1.54, 1.807) is 31.2 Å². The lowest BCUT2D eigenvalue weighted by Crippen LogP contribution is -2.52. The number of hydrogen-bond donors (Lipinski definition) is 1. The van der Waals surface area contributed by atoms with Gasteiger partial charge in [0, 0.05) is 17.6 Å². The molecule has 0 aliphatic heterocycles. The van der Waals surface area contributed by atoms with Gasteiger partial charge in [0.15, 0.2) is 0 Å². The first-order valence-electron chi connectivity index (χ1n) is 13.9. The van der Waals surface area contributed by atoms with Crippen LogP contribution < -0.4 is 14.4 Å². The van der Waals surface area contributed by atoms with Gasteiger partial charge in [-0.15, -0.1) is 0 Å². The number of nitrogens with one attached hydrogen (secondary N) is 1. The number of anilines is 1. The van der Waals surface area contributed by atoms with Gasteiger partial charge >= 0.3 is 0 Å². The summed E-state index contributed by atoms with van der Waals surface area (Å²) in [4.78, 5) is 28.5. The van der Waals surface area contributed by atoms with Gasteiger partial charge in [0.05, 0.1) is 17.2 Å². The lowest BCUT2D eigenvalue weighted by atomic mass is 10.1. The molecule has 1 saturated carbocycles. The Morgan fingerprint density at radius 2 is 1.62 bits per heavy atom. The maximum absolute atomic E-state index is 14.0. The van der Waals surface area contributed by atoms with Gasteiger partial charge in [0.1, 0.15) is 24.2 Å². The van der Waals surface area contributed by atoms with E-state index >= 15 is 0 Å². The van der Waals surface area contributed by atoms with E-state index in [0.717, 1.165) is 47.7 Å². The maximum Gasteiger partial charge on any atom is 0.264 e. The van der Waals surface area contributed by atoms with E-state index in [9.17, 15) is 22.4 Å². The molecule has 3 aromatic carbocycles. The molecule has 0 unspecified atom stereocenters. The smallest absolute Gasteiger partial charge is 0.264 e. The fourth-order valence-electron chi connectivity index (χ4n) is 4.90. The van der Waals surface area contributed by atoms with Crippen LogP contribution in [0.1, 0.15) is 45.1 Å². The summed E-state index contributed by atoms with van der Waals surface area (Å²) >= 11 is 6.05. The van der Waals surface area contributed by atoms with E-state index in [1.165, 1.54) is 41.3 Å². The Morgan fingerprint density at radius 3 is 2.21 bits per heavy atom. The van der Waals surface area contributed by atoms with E-state index in [-0.39, 0.29) is 29.1 Å². The van der Waals surface area contributed by atoms with Gasteiger partial charge in [-0.05, 0) is 92.9 Å². The number of carbonyl (C=O) groups is 2. The van der Waals surface area contributed by atoms with Crippen LogP contribution in [0.2, 0.25) is 5.02 Å². The van der Waals surface area contributed by atoms with Crippen LogP contribution >= 0.6 is 11.6 Å². The summed E-state index contributed by atoms with van der Waals surface area (Å²) < 4.78 is 48.0. The molecule has 224 valence electrons. The Bertz CT molecular complexity index is 1460. The highest BCUT2D eigenvalue weighted by atomic mass is 35.5. The van der Waals surface area contributed by atoms with Crippen LogP contribution in [0.25, 0.3) is 0 Å². The molecule has 2 amide bonds. The Kier molecular flexibility index (Phi) is 10.5. The molecule has 0 spiro atoms. The molecule has 4 rings (SSSR count). The fraction of sp³-hybridized carbons (Fsp3) is 0.355. The predicted octanol–water partition coefficient (Wildman–Crippen LogP) is 5.55. The van der Waals surface area contributed by atoms with Crippen LogP contribution in [0.4, 0.5) is 10.1 Å². The van der Waals surface area contributed by atoms with Crippen molar-refractivity contribution >= 4 is 39.1 Å². The van der Waals surface area contributed by atoms with Gasteiger partial charge < -0.3 is 15.0 Å². The normalized spacial score (nSPS) is 14.3. The van der Waals surface area contributed by atoms with Crippen molar-refractivity contribution in [1.29, 1.82) is 0 Å². The summed E-state index contributed by atoms with van der Waals surface area (Å²) in [6.45, 7) is 3.29. The third-order valence-electron chi connectivity index (χ3n) is 7.25. The Morgan fingerprint density at radius 1 is 1.00 bits per heavy atom. The average molecular weight is 616 g/mol. The number of carbonyl (C=O) groups excluding carboxylic acids is 2. The molecule has 42 heavy (non-hydrogen) atoms. The monoisotopic (exact) mass is 615 g/mol. The van der Waals surface area contributed by atoms with Crippen molar-refractivity contribution < 1.29 is 27.1 Å². The third kappa shape index (κ3) is 7.80. The number of rotatable bonds is 12. The molecular formula is C31H35ClFN3O5S. The van der Waals surface area contributed by atoms with Crippen LogP contribution in [0.15, 0.2) is 77.7 Å². The van der Waals surface area contributed by atoms with Crippen molar-refractivity contribution in [3.8, 4) is 5.75 Å². The molecule has 1 atom stereocenters. The molecule has 11 heteroatoms. The van der Waals surface area contributed by atoms with E-state index in [2.05, 4.69) is 5.32 Å². The van der Waals surface area contributed by atoms with Gasteiger partial charge in [0.25, 0.3) is 10.0 Å². The van der Waals surface area contributed by atoms with Crippen molar-refractivity contribution in [2.45, 2.75) is 63.1 Å². The zero-order chi connectivity index (χ0) is 30.3. The molecule has 8 nitrogen and oxygen atoms in total. The maximum atomic E-state index is 14.0. The summed E-state index contributed by atoms with van der Waals surface area (Å²) in [6.07, 6.45) is 3.82. The highest BCUT2D eigenvalue weighted by molar-refractivity contribution is 7.92. The number of benzene rings is 3. The molecule has 0 saturated heterocycles. The number of amides is 2. The second kappa shape index (κ2) is 14.0. The zero-order valence-corrected chi connectivity index (χ0v) is 25.2. The van der Waals surface area contributed by atoms with Crippen LogP contribution in [0, 0.1) is 5.82 Å².